The molecule has 114 valence electrons. The molecule has 0 aliphatic rings. The number of rotatable bonds is 2. The Balaban J connectivity index is 0.000000235. The van der Waals surface area contributed by atoms with Crippen molar-refractivity contribution in [2.45, 2.75) is 11.8 Å². The SMILES string of the molecule is COc1ccc(N)cc1S(=O)(=O)O.Cc1ccccc1N. The van der Waals surface area contributed by atoms with Crippen molar-refractivity contribution in [3.63, 3.8) is 0 Å². The third-order valence-electron chi connectivity index (χ3n) is 2.65. The van der Waals surface area contributed by atoms with Crippen LogP contribution in [-0.2, 0) is 10.1 Å². The van der Waals surface area contributed by atoms with Gasteiger partial charge in [-0.25, -0.2) is 0 Å². The first-order valence-electron chi connectivity index (χ1n) is 5.98. The Bertz CT molecular complexity index is 694. The summed E-state index contributed by atoms with van der Waals surface area (Å²) in [5.41, 5.74) is 13.1. The van der Waals surface area contributed by atoms with Gasteiger partial charge in [0.05, 0.1) is 7.11 Å². The molecule has 0 aromatic heterocycles. The maximum atomic E-state index is 10.8. The summed E-state index contributed by atoms with van der Waals surface area (Å²) in [6.07, 6.45) is 0. The van der Waals surface area contributed by atoms with Crippen molar-refractivity contribution in [1.82, 2.24) is 0 Å². The van der Waals surface area contributed by atoms with Crippen LogP contribution in [-0.4, -0.2) is 20.1 Å². The average molecular weight is 310 g/mol. The monoisotopic (exact) mass is 310 g/mol. The lowest BCUT2D eigenvalue weighted by Gasteiger charge is -2.05. The zero-order chi connectivity index (χ0) is 16.0. The fourth-order valence-electron chi connectivity index (χ4n) is 1.48. The van der Waals surface area contributed by atoms with Crippen LogP contribution in [0.2, 0.25) is 0 Å². The summed E-state index contributed by atoms with van der Waals surface area (Å²) in [7, 11) is -2.97. The van der Waals surface area contributed by atoms with E-state index in [1.807, 2.05) is 31.2 Å². The van der Waals surface area contributed by atoms with Crippen molar-refractivity contribution in [3.05, 3.63) is 48.0 Å². The predicted molar refractivity (Wildman–Crippen MR) is 82.8 cm³/mol. The first-order chi connectivity index (χ1) is 9.75. The highest BCUT2D eigenvalue weighted by Gasteiger charge is 2.16. The minimum absolute atomic E-state index is 0.0664. The molecule has 0 unspecified atom stereocenters. The molecule has 0 heterocycles. The average Bonchev–Trinajstić information content (AvgIpc) is 2.42. The number of aryl methyl sites for hydroxylation is 1. The van der Waals surface area contributed by atoms with Gasteiger partial charge in [-0.3, -0.25) is 4.55 Å². The highest BCUT2D eigenvalue weighted by molar-refractivity contribution is 7.86. The second kappa shape index (κ2) is 6.96. The minimum Gasteiger partial charge on any atom is -0.495 e. The fourth-order valence-corrected chi connectivity index (χ4v) is 2.17. The molecule has 0 aliphatic heterocycles. The molecular formula is C14H18N2O4S. The van der Waals surface area contributed by atoms with Gasteiger partial charge in [-0.15, -0.1) is 0 Å². The van der Waals surface area contributed by atoms with E-state index in [9.17, 15) is 8.42 Å². The second-order valence-electron chi connectivity index (χ2n) is 4.24. The largest absolute Gasteiger partial charge is 0.495 e. The predicted octanol–water partition coefficient (Wildman–Crippen LogP) is 2.10. The van der Waals surface area contributed by atoms with Crippen molar-refractivity contribution >= 4 is 21.5 Å². The molecule has 0 radical (unpaired) electrons. The van der Waals surface area contributed by atoms with Gasteiger partial charge in [0.1, 0.15) is 10.6 Å². The van der Waals surface area contributed by atoms with Crippen LogP contribution in [0.4, 0.5) is 11.4 Å². The highest BCUT2D eigenvalue weighted by Crippen LogP contribution is 2.25. The van der Waals surface area contributed by atoms with Gasteiger partial charge in [-0.05, 0) is 36.8 Å². The molecule has 0 saturated carbocycles. The van der Waals surface area contributed by atoms with Crippen molar-refractivity contribution in [2.75, 3.05) is 18.6 Å². The van der Waals surface area contributed by atoms with Crippen LogP contribution in [0.5, 0.6) is 5.75 Å². The quantitative estimate of drug-likeness (QED) is 0.578. The van der Waals surface area contributed by atoms with E-state index in [1.165, 1.54) is 19.2 Å². The number of nitrogens with two attached hydrogens (primary N) is 2. The van der Waals surface area contributed by atoms with Crippen LogP contribution < -0.4 is 16.2 Å². The summed E-state index contributed by atoms with van der Waals surface area (Å²) in [6, 6.07) is 11.8. The van der Waals surface area contributed by atoms with E-state index in [1.54, 1.807) is 0 Å². The van der Waals surface area contributed by atoms with Gasteiger partial charge in [-0.1, -0.05) is 18.2 Å². The molecule has 7 heteroatoms. The van der Waals surface area contributed by atoms with Gasteiger partial charge in [-0.2, -0.15) is 8.42 Å². The van der Waals surface area contributed by atoms with Gasteiger partial charge in [0.25, 0.3) is 10.1 Å². The van der Waals surface area contributed by atoms with E-state index in [0.717, 1.165) is 17.3 Å². The minimum atomic E-state index is -4.27. The summed E-state index contributed by atoms with van der Waals surface area (Å²) in [4.78, 5) is -0.324. The van der Waals surface area contributed by atoms with Crippen LogP contribution in [0.25, 0.3) is 0 Å². The molecule has 0 atom stereocenters. The van der Waals surface area contributed by atoms with Gasteiger partial charge < -0.3 is 16.2 Å². The van der Waals surface area contributed by atoms with Crippen molar-refractivity contribution in [2.24, 2.45) is 0 Å². The van der Waals surface area contributed by atoms with Crippen LogP contribution in [0.1, 0.15) is 5.56 Å². The van der Waals surface area contributed by atoms with E-state index in [4.69, 9.17) is 20.8 Å². The van der Waals surface area contributed by atoms with Crippen molar-refractivity contribution < 1.29 is 17.7 Å². The summed E-state index contributed by atoms with van der Waals surface area (Å²) < 4.78 is 35.1. The van der Waals surface area contributed by atoms with Gasteiger partial charge in [0, 0.05) is 11.4 Å². The van der Waals surface area contributed by atoms with Crippen molar-refractivity contribution in [3.8, 4) is 5.75 Å². The molecule has 5 N–H and O–H groups in total. The maximum Gasteiger partial charge on any atom is 0.298 e. The van der Waals surface area contributed by atoms with Gasteiger partial charge >= 0.3 is 0 Å². The topological polar surface area (TPSA) is 116 Å². The fraction of sp³-hybridized carbons (Fsp3) is 0.143. The zero-order valence-corrected chi connectivity index (χ0v) is 12.6. The summed E-state index contributed by atoms with van der Waals surface area (Å²) >= 11 is 0. The van der Waals surface area contributed by atoms with E-state index in [0.29, 0.717) is 0 Å². The molecule has 2 rings (SSSR count). The number of para-hydroxylation sites is 1. The van der Waals surface area contributed by atoms with Gasteiger partial charge in [0.2, 0.25) is 0 Å². The Morgan fingerprint density at radius 1 is 1.10 bits per heavy atom. The Kier molecular flexibility index (Phi) is 5.57. The normalized spacial score (nSPS) is 10.4. The molecule has 0 amide bonds. The lowest BCUT2D eigenvalue weighted by atomic mass is 10.2. The lowest BCUT2D eigenvalue weighted by molar-refractivity contribution is 0.397. The number of methoxy groups -OCH3 is 1. The molecular weight excluding hydrogens is 292 g/mol. The molecule has 0 aliphatic carbocycles. The second-order valence-corrected chi connectivity index (χ2v) is 5.63. The summed E-state index contributed by atoms with van der Waals surface area (Å²) in [6.45, 7) is 2.00. The molecule has 0 spiro atoms. The molecule has 0 bridgehead atoms. The first-order valence-corrected chi connectivity index (χ1v) is 7.42. The number of anilines is 2. The van der Waals surface area contributed by atoms with E-state index < -0.39 is 10.1 Å². The lowest BCUT2D eigenvalue weighted by Crippen LogP contribution is -2.02. The summed E-state index contributed by atoms with van der Waals surface area (Å²) in [5, 5.41) is 0. The van der Waals surface area contributed by atoms with Crippen LogP contribution in [0, 0.1) is 6.92 Å². The Labute approximate surface area is 124 Å². The molecule has 0 fully saturated rings. The number of nitrogen functional groups attached to an aromatic ring is 2. The number of ether oxygens (including phenoxy) is 1. The maximum absolute atomic E-state index is 10.8. The molecule has 21 heavy (non-hydrogen) atoms. The Morgan fingerprint density at radius 2 is 1.71 bits per heavy atom. The van der Waals surface area contributed by atoms with E-state index in [-0.39, 0.29) is 16.3 Å². The number of hydrogen-bond donors (Lipinski definition) is 3. The van der Waals surface area contributed by atoms with Crippen molar-refractivity contribution in [1.29, 1.82) is 0 Å². The smallest absolute Gasteiger partial charge is 0.298 e. The van der Waals surface area contributed by atoms with Crippen LogP contribution in [0.3, 0.4) is 0 Å². The van der Waals surface area contributed by atoms with E-state index >= 15 is 0 Å². The Hall–Kier alpha value is -2.25. The third-order valence-corrected chi connectivity index (χ3v) is 3.53. The van der Waals surface area contributed by atoms with Crippen LogP contribution in [0.15, 0.2) is 47.4 Å². The molecule has 0 saturated heterocycles. The molecule has 2 aromatic carbocycles. The van der Waals surface area contributed by atoms with Crippen LogP contribution >= 0.6 is 0 Å². The number of hydrogen-bond acceptors (Lipinski definition) is 5. The standard InChI is InChI=1S/C7H9NO4S.C7H9N/c1-12-6-3-2-5(8)4-7(6)13(9,10)11;1-6-4-2-3-5-7(6)8/h2-4H,8H2,1H3,(H,9,10,11);2-5H,8H2,1H3. The number of benzene rings is 2. The third kappa shape index (κ3) is 4.97. The van der Waals surface area contributed by atoms with E-state index in [2.05, 4.69) is 0 Å². The molecule has 6 nitrogen and oxygen atoms in total. The first kappa shape index (κ1) is 16.8. The summed E-state index contributed by atoms with van der Waals surface area (Å²) in [5.74, 6) is 0.0664. The zero-order valence-electron chi connectivity index (χ0n) is 11.8. The highest BCUT2D eigenvalue weighted by atomic mass is 32.2. The Morgan fingerprint density at radius 3 is 2.14 bits per heavy atom. The van der Waals surface area contributed by atoms with Gasteiger partial charge in [0.15, 0.2) is 0 Å². The molecule has 2 aromatic rings.